The second kappa shape index (κ2) is 4.37. The van der Waals surface area contributed by atoms with Crippen molar-refractivity contribution in [2.75, 3.05) is 6.54 Å². The predicted octanol–water partition coefficient (Wildman–Crippen LogP) is 0.877. The van der Waals surface area contributed by atoms with Gasteiger partial charge in [-0.3, -0.25) is 4.79 Å². The molecular formula is C13H17NO3. The van der Waals surface area contributed by atoms with Crippen LogP contribution in [0, 0.1) is 0 Å². The van der Waals surface area contributed by atoms with E-state index in [4.69, 9.17) is 4.74 Å². The van der Waals surface area contributed by atoms with Crippen LogP contribution in [0.25, 0.3) is 0 Å². The molecule has 17 heavy (non-hydrogen) atoms. The number of aliphatic hydroxyl groups is 1. The zero-order chi connectivity index (χ0) is 12.5. The quantitative estimate of drug-likeness (QED) is 0.817. The molecule has 1 amide bonds. The van der Waals surface area contributed by atoms with Crippen LogP contribution in [0.2, 0.25) is 0 Å². The lowest BCUT2D eigenvalue weighted by atomic mass is 10.1. The van der Waals surface area contributed by atoms with Gasteiger partial charge in [-0.15, -0.1) is 0 Å². The van der Waals surface area contributed by atoms with Crippen molar-refractivity contribution in [2.45, 2.75) is 32.0 Å². The second-order valence-corrected chi connectivity index (χ2v) is 4.95. The number of ether oxygens (including phenoxy) is 1. The Morgan fingerprint density at radius 2 is 2.24 bits per heavy atom. The molecule has 1 unspecified atom stereocenters. The van der Waals surface area contributed by atoms with Gasteiger partial charge in [-0.1, -0.05) is 18.2 Å². The van der Waals surface area contributed by atoms with Crippen molar-refractivity contribution in [3.8, 4) is 5.75 Å². The van der Waals surface area contributed by atoms with E-state index in [1.165, 1.54) is 0 Å². The highest BCUT2D eigenvalue weighted by Gasteiger charge is 2.29. The molecule has 0 aliphatic carbocycles. The van der Waals surface area contributed by atoms with Crippen LogP contribution in [0.15, 0.2) is 24.3 Å². The minimum absolute atomic E-state index is 0.177. The first-order chi connectivity index (χ1) is 7.96. The molecule has 0 radical (unpaired) electrons. The maximum absolute atomic E-state index is 11.8. The van der Waals surface area contributed by atoms with E-state index in [1.807, 2.05) is 24.3 Å². The molecule has 0 aromatic heterocycles. The van der Waals surface area contributed by atoms with E-state index < -0.39 is 11.7 Å². The lowest BCUT2D eigenvalue weighted by Gasteiger charge is -2.19. The van der Waals surface area contributed by atoms with Crippen LogP contribution in [0.4, 0.5) is 0 Å². The molecule has 1 atom stereocenters. The Bertz CT molecular complexity index is 398. The summed E-state index contributed by atoms with van der Waals surface area (Å²) in [6.45, 7) is 3.52. The summed E-state index contributed by atoms with van der Waals surface area (Å²) in [6.07, 6.45) is 0.114. The Morgan fingerprint density at radius 3 is 2.88 bits per heavy atom. The normalized spacial score (nSPS) is 18.4. The molecule has 0 saturated heterocycles. The molecule has 1 aromatic carbocycles. The highest BCUT2D eigenvalue weighted by molar-refractivity contribution is 5.82. The van der Waals surface area contributed by atoms with Crippen LogP contribution in [0.5, 0.6) is 5.75 Å². The molecule has 1 aromatic rings. The number of carbonyl (C=O) groups excluding carboxylic acids is 1. The number of hydrogen-bond donors (Lipinski definition) is 2. The van der Waals surface area contributed by atoms with Crippen LogP contribution >= 0.6 is 0 Å². The van der Waals surface area contributed by atoms with Gasteiger partial charge in [0.1, 0.15) is 5.75 Å². The Morgan fingerprint density at radius 1 is 1.53 bits per heavy atom. The maximum atomic E-state index is 11.8. The minimum atomic E-state index is -0.902. The second-order valence-electron chi connectivity index (χ2n) is 4.95. The van der Waals surface area contributed by atoms with Gasteiger partial charge in [-0.2, -0.15) is 0 Å². The Kier molecular flexibility index (Phi) is 3.07. The van der Waals surface area contributed by atoms with Crippen molar-refractivity contribution in [1.82, 2.24) is 5.32 Å². The van der Waals surface area contributed by atoms with Crippen molar-refractivity contribution >= 4 is 5.91 Å². The third-order valence-corrected chi connectivity index (χ3v) is 2.63. The van der Waals surface area contributed by atoms with E-state index in [9.17, 15) is 9.90 Å². The van der Waals surface area contributed by atoms with E-state index in [2.05, 4.69) is 5.32 Å². The topological polar surface area (TPSA) is 58.6 Å². The van der Waals surface area contributed by atoms with E-state index in [1.54, 1.807) is 13.8 Å². The standard InChI is InChI=1S/C13H17NO3/c1-13(2,16)8-14-12(15)11-7-9-5-3-4-6-10(9)17-11/h3-6,11,16H,7-8H2,1-2H3,(H,14,15). The zero-order valence-corrected chi connectivity index (χ0v) is 10.1. The lowest BCUT2D eigenvalue weighted by molar-refractivity contribution is -0.128. The number of fused-ring (bicyclic) bond motifs is 1. The molecule has 0 saturated carbocycles. The van der Waals surface area contributed by atoms with E-state index in [-0.39, 0.29) is 12.5 Å². The van der Waals surface area contributed by atoms with Crippen LogP contribution in [0.3, 0.4) is 0 Å². The van der Waals surface area contributed by atoms with Gasteiger partial charge >= 0.3 is 0 Å². The first kappa shape index (κ1) is 11.9. The summed E-state index contributed by atoms with van der Waals surface area (Å²) in [7, 11) is 0. The summed E-state index contributed by atoms with van der Waals surface area (Å²) in [5.41, 5.74) is 0.150. The average Bonchev–Trinajstić information content (AvgIpc) is 2.68. The van der Waals surface area contributed by atoms with Crippen molar-refractivity contribution in [2.24, 2.45) is 0 Å². The van der Waals surface area contributed by atoms with Gasteiger partial charge in [0.15, 0.2) is 6.10 Å². The Labute approximate surface area is 101 Å². The molecular weight excluding hydrogens is 218 g/mol. The van der Waals surface area contributed by atoms with E-state index in [0.717, 1.165) is 11.3 Å². The van der Waals surface area contributed by atoms with Crippen molar-refractivity contribution in [3.63, 3.8) is 0 Å². The van der Waals surface area contributed by atoms with E-state index in [0.29, 0.717) is 6.42 Å². The number of rotatable bonds is 3. The highest BCUT2D eigenvalue weighted by Crippen LogP contribution is 2.28. The van der Waals surface area contributed by atoms with Crippen LogP contribution in [0.1, 0.15) is 19.4 Å². The predicted molar refractivity (Wildman–Crippen MR) is 63.9 cm³/mol. The molecule has 0 bridgehead atoms. The minimum Gasteiger partial charge on any atom is -0.480 e. The summed E-state index contributed by atoms with van der Waals surface area (Å²) in [5, 5.41) is 12.2. The summed E-state index contributed by atoms with van der Waals surface area (Å²) >= 11 is 0. The first-order valence-electron chi connectivity index (χ1n) is 5.70. The third kappa shape index (κ3) is 2.97. The summed E-state index contributed by atoms with van der Waals surface area (Å²) in [6, 6.07) is 7.63. The summed E-state index contributed by atoms with van der Waals surface area (Å²) in [4.78, 5) is 11.8. The molecule has 2 N–H and O–H groups in total. The van der Waals surface area contributed by atoms with Crippen LogP contribution in [-0.2, 0) is 11.2 Å². The van der Waals surface area contributed by atoms with Crippen molar-refractivity contribution < 1.29 is 14.6 Å². The molecule has 1 aliphatic heterocycles. The van der Waals surface area contributed by atoms with E-state index >= 15 is 0 Å². The molecule has 4 nitrogen and oxygen atoms in total. The highest BCUT2D eigenvalue weighted by atomic mass is 16.5. The number of para-hydroxylation sites is 1. The third-order valence-electron chi connectivity index (χ3n) is 2.63. The molecule has 0 spiro atoms. The van der Waals surface area contributed by atoms with Crippen molar-refractivity contribution in [3.05, 3.63) is 29.8 Å². The van der Waals surface area contributed by atoms with Gasteiger partial charge in [0.05, 0.1) is 5.60 Å². The van der Waals surface area contributed by atoms with Crippen molar-refractivity contribution in [1.29, 1.82) is 0 Å². The fraction of sp³-hybridized carbons (Fsp3) is 0.462. The molecule has 1 heterocycles. The molecule has 0 fully saturated rings. The van der Waals surface area contributed by atoms with Crippen LogP contribution in [-0.4, -0.2) is 29.3 Å². The van der Waals surface area contributed by atoms with Gasteiger partial charge in [0, 0.05) is 13.0 Å². The first-order valence-corrected chi connectivity index (χ1v) is 5.70. The Hall–Kier alpha value is -1.55. The fourth-order valence-corrected chi connectivity index (χ4v) is 1.75. The van der Waals surface area contributed by atoms with Gasteiger partial charge in [-0.25, -0.2) is 0 Å². The summed E-state index contributed by atoms with van der Waals surface area (Å²) in [5.74, 6) is 0.597. The molecule has 2 rings (SSSR count). The Balaban J connectivity index is 1.92. The number of hydrogen-bond acceptors (Lipinski definition) is 3. The number of nitrogens with one attached hydrogen (secondary N) is 1. The summed E-state index contributed by atoms with van der Waals surface area (Å²) < 4.78 is 5.54. The maximum Gasteiger partial charge on any atom is 0.261 e. The lowest BCUT2D eigenvalue weighted by Crippen LogP contribution is -2.44. The van der Waals surface area contributed by atoms with Gasteiger partial charge in [0.25, 0.3) is 5.91 Å². The monoisotopic (exact) mass is 235 g/mol. The largest absolute Gasteiger partial charge is 0.480 e. The number of carbonyl (C=O) groups is 1. The zero-order valence-electron chi connectivity index (χ0n) is 10.1. The average molecular weight is 235 g/mol. The number of benzene rings is 1. The fourth-order valence-electron chi connectivity index (χ4n) is 1.75. The smallest absolute Gasteiger partial charge is 0.261 e. The molecule has 1 aliphatic rings. The SMILES string of the molecule is CC(C)(O)CNC(=O)C1Cc2ccccc2O1. The number of amides is 1. The molecule has 4 heteroatoms. The van der Waals surface area contributed by atoms with Gasteiger partial charge in [-0.05, 0) is 25.5 Å². The van der Waals surface area contributed by atoms with Gasteiger partial charge in [0.2, 0.25) is 0 Å². The van der Waals surface area contributed by atoms with Crippen LogP contribution < -0.4 is 10.1 Å². The van der Waals surface area contributed by atoms with Gasteiger partial charge < -0.3 is 15.2 Å². The molecule has 92 valence electrons.